The molecule has 1 N–H and O–H groups in total. The van der Waals surface area contributed by atoms with E-state index in [4.69, 9.17) is 11.6 Å². The van der Waals surface area contributed by atoms with Gasteiger partial charge < -0.3 is 5.11 Å². The maximum atomic E-state index is 10.7. The van der Waals surface area contributed by atoms with Crippen molar-refractivity contribution in [1.82, 2.24) is 0 Å². The van der Waals surface area contributed by atoms with Crippen molar-refractivity contribution in [2.24, 2.45) is 0 Å². The first-order valence-electron chi connectivity index (χ1n) is 10.2. The van der Waals surface area contributed by atoms with Crippen LogP contribution in [-0.4, -0.2) is 11.2 Å². The Kier molecular flexibility index (Phi) is 3.60. The van der Waals surface area contributed by atoms with Gasteiger partial charge in [-0.15, -0.1) is 0 Å². The molecule has 5 aromatic carbocycles. The summed E-state index contributed by atoms with van der Waals surface area (Å²) >= 11 is 6.87. The molecule has 0 spiro atoms. The molecule has 1 aliphatic rings. The first-order valence-corrected chi connectivity index (χ1v) is 10.6. The van der Waals surface area contributed by atoms with Crippen LogP contribution in [0.1, 0.15) is 37.2 Å². The number of aliphatic hydroxyl groups excluding tert-OH is 1. The Morgan fingerprint density at radius 3 is 2.25 bits per heavy atom. The van der Waals surface area contributed by atoms with Crippen LogP contribution in [0.15, 0.2) is 60.7 Å². The highest BCUT2D eigenvalue weighted by atomic mass is 35.5. The zero-order valence-corrected chi connectivity index (χ0v) is 16.3. The molecule has 138 valence electrons. The Balaban J connectivity index is 1.78. The van der Waals surface area contributed by atoms with Gasteiger partial charge in [-0.2, -0.15) is 0 Å². The third-order valence-electron chi connectivity index (χ3n) is 6.77. The lowest BCUT2D eigenvalue weighted by Crippen LogP contribution is -2.22. The average Bonchev–Trinajstić information content (AvgIpc) is 2.74. The Hall–Kier alpha value is -2.35. The standard InChI is InChI=1S/C26H21ClO/c27-26-21-7-2-1-5-16(21)20-14-13-19-17(18-6-3-4-8-23(18)28)11-9-15-10-12-22(26)25(20)24(15)19/h1-2,5,7,9-14,18,23,28H,3-4,6,8H2. The molecular weight excluding hydrogens is 364 g/mol. The quantitative estimate of drug-likeness (QED) is 0.235. The molecule has 28 heavy (non-hydrogen) atoms. The number of rotatable bonds is 1. The number of aliphatic hydroxyl groups is 1. The van der Waals surface area contributed by atoms with Gasteiger partial charge in [0.1, 0.15) is 0 Å². The van der Waals surface area contributed by atoms with E-state index in [0.29, 0.717) is 0 Å². The van der Waals surface area contributed by atoms with Crippen LogP contribution in [0, 0.1) is 0 Å². The summed E-state index contributed by atoms with van der Waals surface area (Å²) in [6.07, 6.45) is 4.06. The molecule has 0 radical (unpaired) electrons. The topological polar surface area (TPSA) is 20.2 Å². The second-order valence-corrected chi connectivity index (χ2v) is 8.60. The van der Waals surface area contributed by atoms with Crippen molar-refractivity contribution in [1.29, 1.82) is 0 Å². The Morgan fingerprint density at radius 1 is 0.679 bits per heavy atom. The SMILES string of the molecule is OC1CCCCC1c1ccc2ccc3c(Cl)c4ccccc4c4ccc1c2c34. The molecule has 1 nitrogen and oxygen atoms in total. The molecule has 1 aliphatic carbocycles. The molecule has 0 aliphatic heterocycles. The molecule has 5 aromatic rings. The number of fused-ring (bicyclic) bond motifs is 2. The van der Waals surface area contributed by atoms with Gasteiger partial charge >= 0.3 is 0 Å². The fourth-order valence-corrected chi connectivity index (χ4v) is 5.75. The fraction of sp³-hybridized carbons (Fsp3) is 0.231. The zero-order valence-electron chi connectivity index (χ0n) is 15.6. The molecule has 6 rings (SSSR count). The maximum absolute atomic E-state index is 10.7. The van der Waals surface area contributed by atoms with Gasteiger partial charge in [-0.25, -0.2) is 0 Å². The summed E-state index contributed by atoms with van der Waals surface area (Å²) in [5.74, 6) is 0.227. The monoisotopic (exact) mass is 384 g/mol. The number of hydrogen-bond acceptors (Lipinski definition) is 1. The highest BCUT2D eigenvalue weighted by Crippen LogP contribution is 2.45. The predicted octanol–water partition coefficient (Wildman–Crippen LogP) is 7.41. The van der Waals surface area contributed by atoms with Gasteiger partial charge in [-0.3, -0.25) is 0 Å². The highest BCUT2D eigenvalue weighted by Gasteiger charge is 2.27. The molecule has 0 aromatic heterocycles. The summed E-state index contributed by atoms with van der Waals surface area (Å²) < 4.78 is 0. The van der Waals surface area contributed by atoms with Crippen molar-refractivity contribution in [3.63, 3.8) is 0 Å². The van der Waals surface area contributed by atoms with E-state index < -0.39 is 0 Å². The molecule has 0 saturated heterocycles. The second-order valence-electron chi connectivity index (χ2n) is 8.22. The molecule has 1 saturated carbocycles. The van der Waals surface area contributed by atoms with E-state index >= 15 is 0 Å². The molecule has 1 fully saturated rings. The van der Waals surface area contributed by atoms with Gasteiger partial charge in [0.15, 0.2) is 0 Å². The van der Waals surface area contributed by atoms with Gasteiger partial charge in [0.05, 0.1) is 11.1 Å². The summed E-state index contributed by atoms with van der Waals surface area (Å²) in [6, 6.07) is 21.7. The third kappa shape index (κ3) is 2.18. The van der Waals surface area contributed by atoms with Gasteiger partial charge in [0, 0.05) is 16.7 Å². The van der Waals surface area contributed by atoms with E-state index in [0.717, 1.165) is 35.1 Å². The third-order valence-corrected chi connectivity index (χ3v) is 7.17. The molecule has 0 bridgehead atoms. The van der Waals surface area contributed by atoms with Crippen molar-refractivity contribution in [3.8, 4) is 0 Å². The summed E-state index contributed by atoms with van der Waals surface area (Å²) in [5, 5.41) is 21.3. The number of hydrogen-bond donors (Lipinski definition) is 1. The average molecular weight is 385 g/mol. The van der Waals surface area contributed by atoms with E-state index in [9.17, 15) is 5.11 Å². The van der Waals surface area contributed by atoms with Gasteiger partial charge in [-0.1, -0.05) is 85.1 Å². The lowest BCUT2D eigenvalue weighted by atomic mass is 9.78. The molecule has 2 heteroatoms. The second kappa shape index (κ2) is 6.07. The van der Waals surface area contributed by atoms with E-state index in [1.807, 2.05) is 6.07 Å². The van der Waals surface area contributed by atoms with E-state index in [1.165, 1.54) is 44.3 Å². The van der Waals surface area contributed by atoms with Gasteiger partial charge in [0.2, 0.25) is 0 Å². The minimum Gasteiger partial charge on any atom is -0.392 e. The van der Waals surface area contributed by atoms with E-state index in [1.54, 1.807) is 0 Å². The van der Waals surface area contributed by atoms with E-state index in [-0.39, 0.29) is 12.0 Å². The lowest BCUT2D eigenvalue weighted by molar-refractivity contribution is 0.107. The number of benzene rings is 5. The molecule has 0 amide bonds. The molecule has 2 atom stereocenters. The van der Waals surface area contributed by atoms with Crippen LogP contribution in [0.25, 0.3) is 43.1 Å². The molecule has 0 heterocycles. The smallest absolute Gasteiger partial charge is 0.0608 e. The summed E-state index contributed by atoms with van der Waals surface area (Å²) in [7, 11) is 0. The Bertz CT molecular complexity index is 1350. The summed E-state index contributed by atoms with van der Waals surface area (Å²) in [5.41, 5.74) is 1.29. The van der Waals surface area contributed by atoms with Crippen molar-refractivity contribution in [2.75, 3.05) is 0 Å². The Morgan fingerprint density at radius 2 is 1.39 bits per heavy atom. The van der Waals surface area contributed by atoms with Crippen molar-refractivity contribution in [3.05, 3.63) is 71.2 Å². The zero-order chi connectivity index (χ0) is 18.8. The van der Waals surface area contributed by atoms with Crippen LogP contribution in [-0.2, 0) is 0 Å². The van der Waals surface area contributed by atoms with Crippen LogP contribution in [0.5, 0.6) is 0 Å². The number of halogens is 1. The Labute approximate surface area is 168 Å². The highest BCUT2D eigenvalue weighted by molar-refractivity contribution is 6.45. The van der Waals surface area contributed by atoms with Crippen LogP contribution in [0.3, 0.4) is 0 Å². The van der Waals surface area contributed by atoms with Crippen LogP contribution >= 0.6 is 11.6 Å². The maximum Gasteiger partial charge on any atom is 0.0608 e. The lowest BCUT2D eigenvalue weighted by Gasteiger charge is -2.29. The van der Waals surface area contributed by atoms with Crippen LogP contribution in [0.2, 0.25) is 5.02 Å². The normalized spacial score (nSPS) is 20.6. The van der Waals surface area contributed by atoms with Crippen molar-refractivity contribution >= 4 is 54.7 Å². The summed E-state index contributed by atoms with van der Waals surface area (Å²) in [6.45, 7) is 0. The predicted molar refractivity (Wildman–Crippen MR) is 120 cm³/mol. The van der Waals surface area contributed by atoms with Crippen LogP contribution < -0.4 is 0 Å². The fourth-order valence-electron chi connectivity index (χ4n) is 5.43. The van der Waals surface area contributed by atoms with Crippen LogP contribution in [0.4, 0.5) is 0 Å². The van der Waals surface area contributed by atoms with E-state index in [2.05, 4.69) is 54.6 Å². The largest absolute Gasteiger partial charge is 0.392 e. The van der Waals surface area contributed by atoms with Gasteiger partial charge in [0.25, 0.3) is 0 Å². The van der Waals surface area contributed by atoms with Crippen molar-refractivity contribution < 1.29 is 5.11 Å². The first kappa shape index (κ1) is 16.6. The van der Waals surface area contributed by atoms with Crippen molar-refractivity contribution in [2.45, 2.75) is 37.7 Å². The summed E-state index contributed by atoms with van der Waals surface area (Å²) in [4.78, 5) is 0. The van der Waals surface area contributed by atoms with Gasteiger partial charge in [-0.05, 0) is 50.7 Å². The molecule has 2 unspecified atom stereocenters. The molecular formula is C26H21ClO. The first-order chi connectivity index (χ1) is 13.7. The minimum atomic E-state index is -0.239. The minimum absolute atomic E-state index is 0.227.